The van der Waals surface area contributed by atoms with Crippen LogP contribution in [0.1, 0.15) is 91.8 Å². The number of hydrogen-bond donors (Lipinski definition) is 1. The van der Waals surface area contributed by atoms with Crippen molar-refractivity contribution in [1.82, 2.24) is 15.1 Å². The SMILES string of the molecule is COC(=O)c1cc2n(n1)CC(C)(C(=O)NC1CCCCCC1)N(c1ccc(C(C)C)cc1)C2=O. The molecule has 0 saturated heterocycles. The highest BCUT2D eigenvalue weighted by molar-refractivity contribution is 6.12. The zero-order valence-electron chi connectivity index (χ0n) is 20.5. The lowest BCUT2D eigenvalue weighted by Gasteiger charge is -2.43. The number of anilines is 1. The molecule has 8 heteroatoms. The van der Waals surface area contributed by atoms with Gasteiger partial charge >= 0.3 is 5.97 Å². The van der Waals surface area contributed by atoms with Gasteiger partial charge in [-0.15, -0.1) is 0 Å². The minimum Gasteiger partial charge on any atom is -0.464 e. The van der Waals surface area contributed by atoms with Crippen molar-refractivity contribution in [1.29, 1.82) is 0 Å². The summed E-state index contributed by atoms with van der Waals surface area (Å²) in [5.74, 6) is -0.849. The van der Waals surface area contributed by atoms with Gasteiger partial charge in [0.25, 0.3) is 5.91 Å². The number of fused-ring (bicyclic) bond motifs is 1. The molecule has 2 heterocycles. The topological polar surface area (TPSA) is 93.5 Å². The number of rotatable bonds is 5. The van der Waals surface area contributed by atoms with Crippen LogP contribution < -0.4 is 10.2 Å². The molecule has 2 aromatic rings. The maximum atomic E-state index is 13.8. The van der Waals surface area contributed by atoms with Gasteiger partial charge in [0, 0.05) is 17.8 Å². The first-order valence-corrected chi connectivity index (χ1v) is 12.2. The van der Waals surface area contributed by atoms with Gasteiger partial charge in [-0.1, -0.05) is 51.7 Å². The molecule has 0 radical (unpaired) electrons. The molecule has 1 aliphatic heterocycles. The van der Waals surface area contributed by atoms with E-state index in [9.17, 15) is 14.4 Å². The molecule has 1 saturated carbocycles. The zero-order valence-corrected chi connectivity index (χ0v) is 20.5. The Kier molecular flexibility index (Phi) is 6.77. The van der Waals surface area contributed by atoms with Gasteiger partial charge in [-0.25, -0.2) is 4.79 Å². The van der Waals surface area contributed by atoms with Gasteiger partial charge in [0.05, 0.1) is 13.7 Å². The number of aromatic nitrogens is 2. The van der Waals surface area contributed by atoms with Crippen LogP contribution in [0.4, 0.5) is 5.69 Å². The summed E-state index contributed by atoms with van der Waals surface area (Å²) in [5.41, 5.74) is 0.882. The summed E-state index contributed by atoms with van der Waals surface area (Å²) in [4.78, 5) is 41.2. The van der Waals surface area contributed by atoms with Crippen molar-refractivity contribution in [2.45, 2.75) is 83.3 Å². The van der Waals surface area contributed by atoms with Gasteiger partial charge in [-0.2, -0.15) is 5.10 Å². The van der Waals surface area contributed by atoms with E-state index < -0.39 is 11.5 Å². The monoisotopic (exact) mass is 466 g/mol. The number of carbonyl (C=O) groups is 3. The number of nitrogens with zero attached hydrogens (tertiary/aromatic N) is 3. The van der Waals surface area contributed by atoms with Crippen molar-refractivity contribution in [2.24, 2.45) is 0 Å². The van der Waals surface area contributed by atoms with Gasteiger partial charge in [0.2, 0.25) is 5.91 Å². The lowest BCUT2D eigenvalue weighted by molar-refractivity contribution is -0.127. The molecule has 1 fully saturated rings. The lowest BCUT2D eigenvalue weighted by atomic mass is 9.92. The van der Waals surface area contributed by atoms with E-state index in [1.165, 1.54) is 30.7 Å². The maximum absolute atomic E-state index is 13.8. The molecule has 1 atom stereocenters. The van der Waals surface area contributed by atoms with Crippen LogP contribution in [0.2, 0.25) is 0 Å². The predicted octanol–water partition coefficient (Wildman–Crippen LogP) is 4.05. The van der Waals surface area contributed by atoms with Gasteiger partial charge in [0.1, 0.15) is 11.2 Å². The molecule has 182 valence electrons. The number of ether oxygens (including phenoxy) is 1. The fourth-order valence-electron chi connectivity index (χ4n) is 4.96. The van der Waals surface area contributed by atoms with Crippen molar-refractivity contribution >= 4 is 23.5 Å². The summed E-state index contributed by atoms with van der Waals surface area (Å²) in [5, 5.41) is 7.52. The molecule has 1 unspecified atom stereocenters. The summed E-state index contributed by atoms with van der Waals surface area (Å²) in [6.45, 7) is 6.13. The number of benzene rings is 1. The normalized spacial score (nSPS) is 21.2. The van der Waals surface area contributed by atoms with Crippen LogP contribution >= 0.6 is 0 Å². The number of methoxy groups -OCH3 is 1. The molecule has 0 spiro atoms. The Morgan fingerprint density at radius 3 is 2.35 bits per heavy atom. The Morgan fingerprint density at radius 2 is 1.76 bits per heavy atom. The molecule has 1 aromatic heterocycles. The average Bonchev–Trinajstić information content (AvgIpc) is 3.07. The van der Waals surface area contributed by atoms with Gasteiger partial charge in [0.15, 0.2) is 5.69 Å². The largest absolute Gasteiger partial charge is 0.464 e. The predicted molar refractivity (Wildman–Crippen MR) is 129 cm³/mol. The van der Waals surface area contributed by atoms with Crippen molar-refractivity contribution in [3.8, 4) is 0 Å². The van der Waals surface area contributed by atoms with Crippen LogP contribution in [0, 0.1) is 0 Å². The van der Waals surface area contributed by atoms with E-state index in [1.807, 2.05) is 24.3 Å². The number of amides is 2. The summed E-state index contributed by atoms with van der Waals surface area (Å²) in [6.07, 6.45) is 6.43. The Hall–Kier alpha value is -3.16. The first-order valence-electron chi connectivity index (χ1n) is 12.2. The molecule has 8 nitrogen and oxygen atoms in total. The molecule has 0 bridgehead atoms. The quantitative estimate of drug-likeness (QED) is 0.530. The smallest absolute Gasteiger partial charge is 0.358 e. The molecule has 4 rings (SSSR count). The first kappa shape index (κ1) is 24.0. The van der Waals surface area contributed by atoms with Crippen LogP contribution in [0.5, 0.6) is 0 Å². The fraction of sp³-hybridized carbons (Fsp3) is 0.538. The highest BCUT2D eigenvalue weighted by atomic mass is 16.5. The molecule has 34 heavy (non-hydrogen) atoms. The van der Waals surface area contributed by atoms with Gasteiger partial charge in [-0.05, 0) is 43.4 Å². The molecule has 1 aliphatic carbocycles. The lowest BCUT2D eigenvalue weighted by Crippen LogP contribution is -2.65. The van der Waals surface area contributed by atoms with E-state index in [2.05, 4.69) is 24.3 Å². The molecular weight excluding hydrogens is 432 g/mol. The van der Waals surface area contributed by atoms with Crippen LogP contribution in [0.15, 0.2) is 30.3 Å². The third kappa shape index (κ3) is 4.45. The molecule has 1 aromatic carbocycles. The van der Waals surface area contributed by atoms with Gasteiger partial charge < -0.3 is 10.1 Å². The second-order valence-electron chi connectivity index (χ2n) is 9.89. The van der Waals surface area contributed by atoms with E-state index in [-0.39, 0.29) is 35.8 Å². The second kappa shape index (κ2) is 9.60. The standard InChI is InChI=1S/C26H34N4O4/c1-17(2)18-11-13-20(14-12-18)30-23(31)22-15-21(24(32)34-4)28-29(22)16-26(30,3)25(33)27-19-9-7-5-6-8-10-19/h11-15,17,19H,5-10,16H2,1-4H3,(H,27,33). The van der Waals surface area contributed by atoms with Crippen LogP contribution in [-0.4, -0.2) is 46.3 Å². The summed E-state index contributed by atoms with van der Waals surface area (Å²) in [7, 11) is 1.27. The number of carbonyl (C=O) groups excluding carboxylic acids is 3. The Labute approximate surface area is 200 Å². The number of nitrogens with one attached hydrogen (secondary N) is 1. The molecule has 1 N–H and O–H groups in total. The van der Waals surface area contributed by atoms with Crippen LogP contribution in [-0.2, 0) is 16.1 Å². The minimum atomic E-state index is -1.21. The van der Waals surface area contributed by atoms with E-state index in [4.69, 9.17) is 4.74 Å². The molecule has 2 amide bonds. The summed E-state index contributed by atoms with van der Waals surface area (Å²) >= 11 is 0. The number of esters is 1. The van der Waals surface area contributed by atoms with Crippen molar-refractivity contribution in [2.75, 3.05) is 12.0 Å². The Morgan fingerprint density at radius 1 is 1.12 bits per heavy atom. The average molecular weight is 467 g/mol. The highest BCUT2D eigenvalue weighted by Crippen LogP contribution is 2.34. The maximum Gasteiger partial charge on any atom is 0.358 e. The number of hydrogen-bond acceptors (Lipinski definition) is 5. The van der Waals surface area contributed by atoms with E-state index in [0.717, 1.165) is 31.2 Å². The summed E-state index contributed by atoms with van der Waals surface area (Å²) < 4.78 is 6.25. The third-order valence-electron chi connectivity index (χ3n) is 7.05. The van der Waals surface area contributed by atoms with E-state index in [0.29, 0.717) is 11.6 Å². The van der Waals surface area contributed by atoms with Crippen molar-refractivity contribution in [3.05, 3.63) is 47.3 Å². The third-order valence-corrected chi connectivity index (χ3v) is 7.05. The van der Waals surface area contributed by atoms with Gasteiger partial charge in [-0.3, -0.25) is 19.2 Å². The summed E-state index contributed by atoms with van der Waals surface area (Å²) in [6, 6.07) is 9.28. The van der Waals surface area contributed by atoms with Crippen LogP contribution in [0.3, 0.4) is 0 Å². The molecular formula is C26H34N4O4. The fourth-order valence-corrected chi connectivity index (χ4v) is 4.96. The Balaban J connectivity index is 1.74. The Bertz CT molecular complexity index is 1070. The minimum absolute atomic E-state index is 0.0504. The highest BCUT2D eigenvalue weighted by Gasteiger charge is 2.49. The van der Waals surface area contributed by atoms with Crippen molar-refractivity contribution in [3.63, 3.8) is 0 Å². The molecule has 2 aliphatic rings. The van der Waals surface area contributed by atoms with E-state index >= 15 is 0 Å². The van der Waals surface area contributed by atoms with E-state index in [1.54, 1.807) is 11.8 Å². The second-order valence-corrected chi connectivity index (χ2v) is 9.89. The first-order chi connectivity index (χ1) is 16.2. The van der Waals surface area contributed by atoms with Crippen molar-refractivity contribution < 1.29 is 19.1 Å². The van der Waals surface area contributed by atoms with Crippen LogP contribution in [0.25, 0.3) is 0 Å². The zero-order chi connectivity index (χ0) is 24.5.